The van der Waals surface area contributed by atoms with Gasteiger partial charge < -0.3 is 5.32 Å². The lowest BCUT2D eigenvalue weighted by Gasteiger charge is -2.24. The highest BCUT2D eigenvalue weighted by molar-refractivity contribution is 5.35. The molecular formula is C12H14N2. The number of hydrogen-bond acceptors (Lipinski definition) is 2. The van der Waals surface area contributed by atoms with E-state index in [1.54, 1.807) is 6.20 Å². The minimum Gasteiger partial charge on any atom is -0.308 e. The molecule has 1 aromatic rings. The van der Waals surface area contributed by atoms with E-state index in [2.05, 4.69) is 23.1 Å². The maximum Gasteiger partial charge on any atom is 0.0429 e. The van der Waals surface area contributed by atoms with E-state index in [4.69, 9.17) is 6.42 Å². The van der Waals surface area contributed by atoms with E-state index in [0.29, 0.717) is 0 Å². The molecule has 2 rings (SSSR count). The molecular weight excluding hydrogens is 172 g/mol. The zero-order valence-corrected chi connectivity index (χ0v) is 8.38. The first-order valence-corrected chi connectivity index (χ1v) is 4.92. The van der Waals surface area contributed by atoms with Crippen LogP contribution in [-0.4, -0.2) is 11.5 Å². The van der Waals surface area contributed by atoms with Crippen molar-refractivity contribution < 1.29 is 0 Å². The second-order valence-electron chi connectivity index (χ2n) is 3.97. The summed E-state index contributed by atoms with van der Waals surface area (Å²) in [5.74, 6) is 2.62. The summed E-state index contributed by atoms with van der Waals surface area (Å²) in [7, 11) is 0. The summed E-state index contributed by atoms with van der Waals surface area (Å²) in [6.07, 6.45) is 11.4. The molecule has 0 bridgehead atoms. The Morgan fingerprint density at radius 1 is 1.57 bits per heavy atom. The summed E-state index contributed by atoms with van der Waals surface area (Å²) in [6, 6.07) is 2.05. The van der Waals surface area contributed by atoms with Gasteiger partial charge in [0.15, 0.2) is 0 Å². The lowest BCUT2D eigenvalue weighted by Crippen LogP contribution is -2.33. The monoisotopic (exact) mass is 186 g/mol. The highest BCUT2D eigenvalue weighted by atomic mass is 15.0. The third-order valence-electron chi connectivity index (χ3n) is 2.91. The van der Waals surface area contributed by atoms with Gasteiger partial charge in [-0.05, 0) is 37.9 Å². The zero-order chi connectivity index (χ0) is 10.0. The van der Waals surface area contributed by atoms with E-state index < -0.39 is 0 Å². The minimum absolute atomic E-state index is 0.0693. The smallest absolute Gasteiger partial charge is 0.0429 e. The van der Waals surface area contributed by atoms with Crippen molar-refractivity contribution in [2.75, 3.05) is 6.54 Å². The first kappa shape index (κ1) is 9.23. The summed E-state index contributed by atoms with van der Waals surface area (Å²) in [4.78, 5) is 4.16. The fourth-order valence-electron chi connectivity index (χ4n) is 1.96. The fourth-order valence-corrected chi connectivity index (χ4v) is 1.96. The Hall–Kier alpha value is -1.33. The van der Waals surface area contributed by atoms with E-state index in [1.807, 2.05) is 12.3 Å². The lowest BCUT2D eigenvalue weighted by molar-refractivity contribution is 0.433. The van der Waals surface area contributed by atoms with Gasteiger partial charge in [0.1, 0.15) is 0 Å². The summed E-state index contributed by atoms with van der Waals surface area (Å²) in [5, 5.41) is 3.49. The molecule has 2 heterocycles. The molecule has 2 nitrogen and oxygen atoms in total. The molecule has 0 unspecified atom stereocenters. The Morgan fingerprint density at radius 2 is 2.43 bits per heavy atom. The predicted molar refractivity (Wildman–Crippen MR) is 56.8 cm³/mol. The van der Waals surface area contributed by atoms with Crippen LogP contribution < -0.4 is 5.32 Å². The molecule has 0 aromatic carbocycles. The van der Waals surface area contributed by atoms with Crippen molar-refractivity contribution in [3.05, 3.63) is 29.6 Å². The molecule has 0 aliphatic carbocycles. The fraction of sp³-hybridized carbons (Fsp3) is 0.417. The number of rotatable bonds is 1. The molecule has 1 atom stereocenters. The molecule has 0 radical (unpaired) electrons. The molecule has 0 amide bonds. The maximum atomic E-state index is 5.35. The summed E-state index contributed by atoms with van der Waals surface area (Å²) in [5.41, 5.74) is 2.13. The van der Waals surface area contributed by atoms with Crippen molar-refractivity contribution in [1.82, 2.24) is 10.3 Å². The van der Waals surface area contributed by atoms with Crippen LogP contribution >= 0.6 is 0 Å². The van der Waals surface area contributed by atoms with Gasteiger partial charge in [0.25, 0.3) is 0 Å². The number of pyridine rings is 1. The van der Waals surface area contributed by atoms with E-state index in [0.717, 1.165) is 18.5 Å². The molecule has 72 valence electrons. The third kappa shape index (κ3) is 1.51. The van der Waals surface area contributed by atoms with Gasteiger partial charge in [0, 0.05) is 23.5 Å². The molecule has 2 heteroatoms. The Kier molecular flexibility index (Phi) is 2.26. The summed E-state index contributed by atoms with van der Waals surface area (Å²) < 4.78 is 0. The first-order valence-electron chi connectivity index (χ1n) is 4.92. The van der Waals surface area contributed by atoms with E-state index in [1.165, 1.54) is 12.0 Å². The number of terminal acetylenes is 1. The molecule has 0 saturated carbocycles. The first-order chi connectivity index (χ1) is 6.74. The van der Waals surface area contributed by atoms with Gasteiger partial charge in [0.05, 0.1) is 0 Å². The van der Waals surface area contributed by atoms with Crippen molar-refractivity contribution in [3.8, 4) is 12.3 Å². The van der Waals surface area contributed by atoms with Crippen molar-refractivity contribution in [2.45, 2.75) is 25.3 Å². The predicted octanol–water partition coefficient (Wildman–Crippen LogP) is 1.66. The Labute approximate surface area is 84.7 Å². The largest absolute Gasteiger partial charge is 0.308 e. The molecule has 1 aromatic heterocycles. The minimum atomic E-state index is 0.0693. The summed E-state index contributed by atoms with van der Waals surface area (Å²) in [6.45, 7) is 3.29. The average Bonchev–Trinajstić information content (AvgIpc) is 2.67. The van der Waals surface area contributed by atoms with Gasteiger partial charge in [-0.15, -0.1) is 6.42 Å². The Morgan fingerprint density at radius 3 is 3.07 bits per heavy atom. The lowest BCUT2D eigenvalue weighted by atomic mass is 9.91. The Bertz CT molecular complexity index is 370. The molecule has 14 heavy (non-hydrogen) atoms. The third-order valence-corrected chi connectivity index (χ3v) is 2.91. The number of nitrogens with one attached hydrogen (secondary N) is 1. The zero-order valence-electron chi connectivity index (χ0n) is 8.38. The van der Waals surface area contributed by atoms with Crippen LogP contribution in [0.5, 0.6) is 0 Å². The van der Waals surface area contributed by atoms with Crippen LogP contribution in [0.15, 0.2) is 18.5 Å². The van der Waals surface area contributed by atoms with Crippen molar-refractivity contribution >= 4 is 0 Å². The van der Waals surface area contributed by atoms with Gasteiger partial charge in [-0.25, -0.2) is 0 Å². The average molecular weight is 186 g/mol. The van der Waals surface area contributed by atoms with E-state index in [9.17, 15) is 0 Å². The van der Waals surface area contributed by atoms with Crippen LogP contribution in [-0.2, 0) is 5.54 Å². The van der Waals surface area contributed by atoms with E-state index >= 15 is 0 Å². The molecule has 1 N–H and O–H groups in total. The second kappa shape index (κ2) is 3.43. The molecule has 0 spiro atoms. The SMILES string of the molecule is C#Cc1cncc([C@]2(C)CCCN2)c1. The van der Waals surface area contributed by atoms with E-state index in [-0.39, 0.29) is 5.54 Å². The molecule has 1 aliphatic heterocycles. The van der Waals surface area contributed by atoms with Crippen molar-refractivity contribution in [3.63, 3.8) is 0 Å². The van der Waals surface area contributed by atoms with Crippen LogP contribution in [0, 0.1) is 12.3 Å². The second-order valence-corrected chi connectivity index (χ2v) is 3.97. The van der Waals surface area contributed by atoms with Gasteiger partial charge in [-0.2, -0.15) is 0 Å². The number of hydrogen-bond donors (Lipinski definition) is 1. The van der Waals surface area contributed by atoms with Crippen LogP contribution in [0.4, 0.5) is 0 Å². The van der Waals surface area contributed by atoms with Gasteiger partial charge in [0.2, 0.25) is 0 Å². The number of nitrogens with zero attached hydrogens (tertiary/aromatic N) is 1. The number of aromatic nitrogens is 1. The summed E-state index contributed by atoms with van der Waals surface area (Å²) >= 11 is 0. The standard InChI is InChI=1S/C12H14N2/c1-3-10-7-11(9-13-8-10)12(2)5-4-6-14-12/h1,7-9,14H,4-6H2,2H3/t12-/m0/s1. The Balaban J connectivity index is 2.36. The van der Waals surface area contributed by atoms with Gasteiger partial charge >= 0.3 is 0 Å². The highest BCUT2D eigenvalue weighted by Gasteiger charge is 2.30. The molecule has 1 saturated heterocycles. The topological polar surface area (TPSA) is 24.9 Å². The molecule has 1 fully saturated rings. The van der Waals surface area contributed by atoms with Crippen LogP contribution in [0.25, 0.3) is 0 Å². The normalized spacial score (nSPS) is 26.0. The van der Waals surface area contributed by atoms with Crippen molar-refractivity contribution in [2.24, 2.45) is 0 Å². The quantitative estimate of drug-likeness (QED) is 0.675. The van der Waals surface area contributed by atoms with Gasteiger partial charge in [-0.1, -0.05) is 5.92 Å². The highest BCUT2D eigenvalue weighted by Crippen LogP contribution is 2.29. The molecule has 1 aliphatic rings. The van der Waals surface area contributed by atoms with Crippen LogP contribution in [0.2, 0.25) is 0 Å². The van der Waals surface area contributed by atoms with Crippen LogP contribution in [0.3, 0.4) is 0 Å². The van der Waals surface area contributed by atoms with Crippen LogP contribution in [0.1, 0.15) is 30.9 Å². The maximum absolute atomic E-state index is 5.35. The van der Waals surface area contributed by atoms with Crippen molar-refractivity contribution in [1.29, 1.82) is 0 Å². The van der Waals surface area contributed by atoms with Gasteiger partial charge in [-0.3, -0.25) is 4.98 Å².